The first-order valence-corrected chi connectivity index (χ1v) is 7.48. The van der Waals surface area contributed by atoms with E-state index in [2.05, 4.69) is 10.6 Å². The first-order chi connectivity index (χ1) is 9.15. The predicted molar refractivity (Wildman–Crippen MR) is 84.5 cm³/mol. The minimum absolute atomic E-state index is 0. The van der Waals surface area contributed by atoms with Gasteiger partial charge in [0.15, 0.2) is 0 Å². The zero-order valence-electron chi connectivity index (χ0n) is 11.5. The molecule has 2 atom stereocenters. The van der Waals surface area contributed by atoms with E-state index in [-0.39, 0.29) is 30.3 Å². The van der Waals surface area contributed by atoms with Crippen molar-refractivity contribution in [3.63, 3.8) is 0 Å². The van der Waals surface area contributed by atoms with Crippen molar-refractivity contribution in [2.45, 2.75) is 17.9 Å². The number of aliphatic hydroxyl groups is 1. The number of aryl methyl sites for hydroxylation is 1. The number of hydrogen-bond donors (Lipinski definition) is 3. The highest BCUT2D eigenvalue weighted by molar-refractivity contribution is 8.00. The summed E-state index contributed by atoms with van der Waals surface area (Å²) in [5.41, 5.74) is 1.22. The van der Waals surface area contributed by atoms with Crippen molar-refractivity contribution in [1.29, 1.82) is 0 Å². The Hall–Kier alpha value is -0.750. The Kier molecular flexibility index (Phi) is 7.37. The average Bonchev–Trinajstić information content (AvgIpc) is 2.81. The highest BCUT2D eigenvalue weighted by atomic mass is 35.5. The van der Waals surface area contributed by atoms with Crippen molar-refractivity contribution in [2.24, 2.45) is 5.92 Å². The zero-order valence-corrected chi connectivity index (χ0v) is 13.1. The maximum absolute atomic E-state index is 11.7. The number of aliphatic hydroxyl groups excluding tert-OH is 1. The normalized spacial score (nSPS) is 21.3. The van der Waals surface area contributed by atoms with E-state index in [0.29, 0.717) is 18.8 Å². The Morgan fingerprint density at radius 1 is 1.40 bits per heavy atom. The lowest BCUT2D eigenvalue weighted by Crippen LogP contribution is -2.35. The molecular weight excluding hydrogens is 296 g/mol. The molecule has 2 unspecified atom stereocenters. The molecular formula is C14H21ClN2O2S. The predicted octanol–water partition coefficient (Wildman–Crippen LogP) is 1.21. The third-order valence-electron chi connectivity index (χ3n) is 3.26. The van der Waals surface area contributed by atoms with Crippen LogP contribution in [0.25, 0.3) is 0 Å². The Bertz CT molecular complexity index is 428. The number of hydrogen-bond acceptors (Lipinski definition) is 4. The van der Waals surface area contributed by atoms with Crippen LogP contribution in [0.1, 0.15) is 5.56 Å². The van der Waals surface area contributed by atoms with Crippen molar-refractivity contribution < 1.29 is 9.90 Å². The van der Waals surface area contributed by atoms with Gasteiger partial charge in [-0.3, -0.25) is 4.79 Å². The molecule has 0 radical (unpaired) electrons. The zero-order chi connectivity index (χ0) is 13.7. The van der Waals surface area contributed by atoms with Gasteiger partial charge in [0.05, 0.1) is 11.9 Å². The monoisotopic (exact) mass is 316 g/mol. The van der Waals surface area contributed by atoms with E-state index < -0.39 is 0 Å². The van der Waals surface area contributed by atoms with Crippen LogP contribution in [0.2, 0.25) is 0 Å². The van der Waals surface area contributed by atoms with Crippen molar-refractivity contribution in [2.75, 3.05) is 25.4 Å². The molecule has 1 aliphatic heterocycles. The molecule has 1 aromatic carbocycles. The molecule has 6 heteroatoms. The van der Waals surface area contributed by atoms with Gasteiger partial charge >= 0.3 is 0 Å². The molecule has 0 saturated carbocycles. The molecule has 20 heavy (non-hydrogen) atoms. The maximum atomic E-state index is 11.7. The van der Waals surface area contributed by atoms with Gasteiger partial charge in [-0.15, -0.1) is 24.2 Å². The summed E-state index contributed by atoms with van der Waals surface area (Å²) in [5, 5.41) is 15.6. The Morgan fingerprint density at radius 2 is 2.10 bits per heavy atom. The minimum atomic E-state index is -0.343. The number of nitrogens with one attached hydrogen (secondary N) is 2. The molecule has 4 nitrogen and oxygen atoms in total. The summed E-state index contributed by atoms with van der Waals surface area (Å²) < 4.78 is 0. The van der Waals surface area contributed by atoms with Gasteiger partial charge in [-0.1, -0.05) is 17.7 Å². The van der Waals surface area contributed by atoms with Crippen LogP contribution in [0.5, 0.6) is 0 Å². The van der Waals surface area contributed by atoms with Gasteiger partial charge in [0, 0.05) is 30.4 Å². The first kappa shape index (κ1) is 17.3. The van der Waals surface area contributed by atoms with Crippen LogP contribution in [-0.4, -0.2) is 42.5 Å². The number of β-amino-alcohol motifs (C(OH)–C–C–N with tert-alkyl or cyclic N) is 1. The summed E-state index contributed by atoms with van der Waals surface area (Å²) >= 11 is 1.53. The van der Waals surface area contributed by atoms with Crippen LogP contribution in [-0.2, 0) is 4.79 Å². The Labute approximate surface area is 130 Å². The van der Waals surface area contributed by atoms with Gasteiger partial charge in [0.25, 0.3) is 0 Å². The van der Waals surface area contributed by atoms with Crippen LogP contribution >= 0.6 is 24.2 Å². The average molecular weight is 317 g/mol. The molecule has 0 aliphatic carbocycles. The Balaban J connectivity index is 0.00000200. The fourth-order valence-corrected chi connectivity index (χ4v) is 2.74. The summed E-state index contributed by atoms with van der Waals surface area (Å²) in [7, 11) is 0. The number of halogens is 1. The summed E-state index contributed by atoms with van der Waals surface area (Å²) in [4.78, 5) is 12.8. The fraction of sp³-hybridized carbons (Fsp3) is 0.500. The highest BCUT2D eigenvalue weighted by Crippen LogP contribution is 2.17. The second kappa shape index (κ2) is 8.52. The molecule has 1 aromatic rings. The van der Waals surface area contributed by atoms with Crippen molar-refractivity contribution in [3.05, 3.63) is 29.8 Å². The van der Waals surface area contributed by atoms with E-state index in [1.165, 1.54) is 17.3 Å². The molecule has 0 bridgehead atoms. The fourth-order valence-electron chi connectivity index (χ4n) is 2.01. The van der Waals surface area contributed by atoms with Crippen LogP contribution in [0.15, 0.2) is 29.2 Å². The van der Waals surface area contributed by atoms with Crippen LogP contribution in [0, 0.1) is 12.8 Å². The maximum Gasteiger partial charge on any atom is 0.230 e. The molecule has 2 rings (SSSR count). The van der Waals surface area contributed by atoms with Crippen LogP contribution in [0.3, 0.4) is 0 Å². The summed E-state index contributed by atoms with van der Waals surface area (Å²) in [6, 6.07) is 8.14. The third-order valence-corrected chi connectivity index (χ3v) is 4.27. The van der Waals surface area contributed by atoms with E-state index >= 15 is 0 Å². The number of benzene rings is 1. The highest BCUT2D eigenvalue weighted by Gasteiger charge is 2.24. The lowest BCUT2D eigenvalue weighted by atomic mass is 10.1. The van der Waals surface area contributed by atoms with Gasteiger partial charge in [-0.25, -0.2) is 0 Å². The largest absolute Gasteiger partial charge is 0.391 e. The number of rotatable bonds is 5. The number of amides is 1. The topological polar surface area (TPSA) is 61.4 Å². The number of carbonyl (C=O) groups is 1. The summed E-state index contributed by atoms with van der Waals surface area (Å²) in [5.74, 6) is 0.567. The third kappa shape index (κ3) is 5.32. The molecule has 0 aromatic heterocycles. The number of thioether (sulfide) groups is 1. The molecule has 1 fully saturated rings. The Morgan fingerprint density at radius 3 is 2.70 bits per heavy atom. The van der Waals surface area contributed by atoms with E-state index in [4.69, 9.17) is 0 Å². The summed E-state index contributed by atoms with van der Waals surface area (Å²) in [6.07, 6.45) is -0.343. The lowest BCUT2D eigenvalue weighted by molar-refractivity contribution is -0.118. The number of carbonyl (C=O) groups excluding carboxylic acids is 1. The van der Waals surface area contributed by atoms with E-state index in [1.54, 1.807) is 0 Å². The van der Waals surface area contributed by atoms with Gasteiger partial charge in [0.1, 0.15) is 0 Å². The van der Waals surface area contributed by atoms with E-state index in [1.807, 2.05) is 31.2 Å². The van der Waals surface area contributed by atoms with Gasteiger partial charge in [-0.05, 0) is 19.1 Å². The van der Waals surface area contributed by atoms with Gasteiger partial charge in [0.2, 0.25) is 5.91 Å². The molecule has 0 spiro atoms. The SMILES string of the molecule is Cc1ccc(SCC(=O)NCC2CNCC2O)cc1.Cl. The molecule has 1 saturated heterocycles. The quantitative estimate of drug-likeness (QED) is 0.715. The molecule has 1 heterocycles. The van der Waals surface area contributed by atoms with Crippen LogP contribution < -0.4 is 10.6 Å². The van der Waals surface area contributed by atoms with Crippen molar-refractivity contribution in [3.8, 4) is 0 Å². The smallest absolute Gasteiger partial charge is 0.230 e. The van der Waals surface area contributed by atoms with E-state index in [9.17, 15) is 9.90 Å². The van der Waals surface area contributed by atoms with Crippen molar-refractivity contribution in [1.82, 2.24) is 10.6 Å². The second-order valence-electron chi connectivity index (χ2n) is 4.89. The standard InChI is InChI=1S/C14H20N2O2S.ClH/c1-10-2-4-12(5-3-10)19-9-14(18)16-7-11-6-15-8-13(11)17;/h2-5,11,13,15,17H,6-9H2,1H3,(H,16,18);1H. The lowest BCUT2D eigenvalue weighted by Gasteiger charge is -2.13. The molecule has 1 aliphatic rings. The molecule has 3 N–H and O–H groups in total. The van der Waals surface area contributed by atoms with Gasteiger partial charge < -0.3 is 15.7 Å². The molecule has 112 valence electrons. The van der Waals surface area contributed by atoms with E-state index in [0.717, 1.165) is 11.4 Å². The molecule has 1 amide bonds. The minimum Gasteiger partial charge on any atom is -0.391 e. The summed E-state index contributed by atoms with van der Waals surface area (Å²) in [6.45, 7) is 3.98. The second-order valence-corrected chi connectivity index (χ2v) is 5.94. The van der Waals surface area contributed by atoms with Crippen LogP contribution in [0.4, 0.5) is 0 Å². The first-order valence-electron chi connectivity index (χ1n) is 6.50. The van der Waals surface area contributed by atoms with Gasteiger partial charge in [-0.2, -0.15) is 0 Å². The van der Waals surface area contributed by atoms with Crippen molar-refractivity contribution >= 4 is 30.1 Å².